The van der Waals surface area contributed by atoms with Gasteiger partial charge < -0.3 is 14.1 Å². The molecule has 1 saturated carbocycles. The van der Waals surface area contributed by atoms with E-state index in [1.807, 2.05) is 66.2 Å². The van der Waals surface area contributed by atoms with E-state index in [-0.39, 0.29) is 11.6 Å². The Hall–Kier alpha value is -4.24. The average Bonchev–Trinajstić information content (AvgIpc) is 3.67. The molecule has 6 rings (SSSR count). The number of pyridine rings is 1. The van der Waals surface area contributed by atoms with Crippen molar-refractivity contribution in [1.82, 2.24) is 30.1 Å². The van der Waals surface area contributed by atoms with Crippen molar-refractivity contribution in [2.75, 3.05) is 7.11 Å². The van der Waals surface area contributed by atoms with E-state index in [1.54, 1.807) is 13.4 Å². The quantitative estimate of drug-likeness (QED) is 0.256. The molecule has 1 aliphatic rings. The van der Waals surface area contributed by atoms with Crippen LogP contribution in [0, 0.1) is 6.92 Å². The maximum atomic E-state index is 13.8. The van der Waals surface area contributed by atoms with Gasteiger partial charge in [-0.05, 0) is 83.1 Å². The molecule has 1 atom stereocenters. The number of furan rings is 1. The van der Waals surface area contributed by atoms with E-state index in [0.717, 1.165) is 59.2 Å². The first-order valence-corrected chi connectivity index (χ1v) is 13.9. The fraction of sp³-hybridized carbons (Fsp3) is 0.355. The Labute approximate surface area is 232 Å². The largest absolute Gasteiger partial charge is 0.497 e. The third-order valence-electron chi connectivity index (χ3n) is 7.86. The Kier molecular flexibility index (Phi) is 7.46. The lowest BCUT2D eigenvalue weighted by Gasteiger charge is -2.32. The van der Waals surface area contributed by atoms with E-state index in [2.05, 4.69) is 31.5 Å². The summed E-state index contributed by atoms with van der Waals surface area (Å²) >= 11 is 0. The number of aromatic amines is 1. The van der Waals surface area contributed by atoms with Crippen LogP contribution in [0.5, 0.6) is 5.75 Å². The number of tetrazole rings is 1. The highest BCUT2D eigenvalue weighted by molar-refractivity contribution is 5.79. The van der Waals surface area contributed by atoms with Gasteiger partial charge in [-0.25, -0.2) is 4.68 Å². The molecule has 0 spiro atoms. The monoisotopic (exact) mass is 538 g/mol. The number of benzene rings is 2. The Morgan fingerprint density at radius 3 is 2.65 bits per heavy atom. The van der Waals surface area contributed by atoms with Gasteiger partial charge in [0.05, 0.1) is 26.0 Å². The molecule has 5 aromatic rings. The summed E-state index contributed by atoms with van der Waals surface area (Å²) in [5.74, 6) is 2.26. The van der Waals surface area contributed by atoms with Gasteiger partial charge in [0.1, 0.15) is 17.6 Å². The van der Waals surface area contributed by atoms with E-state index in [4.69, 9.17) is 9.15 Å². The van der Waals surface area contributed by atoms with Crippen molar-refractivity contribution >= 4 is 10.9 Å². The molecule has 0 bridgehead atoms. The number of aryl methyl sites for hydroxylation is 1. The van der Waals surface area contributed by atoms with Crippen molar-refractivity contribution in [3.8, 4) is 5.75 Å². The van der Waals surface area contributed by atoms with Crippen molar-refractivity contribution in [2.24, 2.45) is 0 Å². The zero-order valence-corrected chi connectivity index (χ0v) is 22.9. The second-order valence-electron chi connectivity index (χ2n) is 10.7. The molecule has 0 aliphatic heterocycles. The first-order valence-electron chi connectivity index (χ1n) is 13.9. The first kappa shape index (κ1) is 26.0. The molecule has 3 aromatic heterocycles. The van der Waals surface area contributed by atoms with Crippen molar-refractivity contribution in [1.29, 1.82) is 0 Å². The van der Waals surface area contributed by atoms with Crippen molar-refractivity contribution < 1.29 is 9.15 Å². The third kappa shape index (κ3) is 5.42. The molecule has 0 radical (unpaired) electrons. The van der Waals surface area contributed by atoms with Gasteiger partial charge in [-0.2, -0.15) is 0 Å². The fourth-order valence-corrected chi connectivity index (χ4v) is 5.81. The number of rotatable bonds is 9. The van der Waals surface area contributed by atoms with Crippen LogP contribution in [-0.2, 0) is 13.1 Å². The lowest BCUT2D eigenvalue weighted by atomic mass is 9.95. The molecular weight excluding hydrogens is 504 g/mol. The lowest BCUT2D eigenvalue weighted by Crippen LogP contribution is -2.35. The number of fused-ring (bicyclic) bond motifs is 1. The van der Waals surface area contributed by atoms with E-state index in [9.17, 15) is 4.79 Å². The molecule has 1 N–H and O–H groups in total. The van der Waals surface area contributed by atoms with Crippen LogP contribution in [0.1, 0.15) is 72.5 Å². The summed E-state index contributed by atoms with van der Waals surface area (Å²) in [6.07, 6.45) is 7.24. The number of aromatic nitrogens is 5. The Balaban J connectivity index is 1.51. The van der Waals surface area contributed by atoms with Crippen LogP contribution in [0.25, 0.3) is 10.9 Å². The summed E-state index contributed by atoms with van der Waals surface area (Å²) in [5, 5.41) is 14.2. The van der Waals surface area contributed by atoms with E-state index in [1.165, 1.54) is 6.42 Å². The molecule has 0 saturated heterocycles. The van der Waals surface area contributed by atoms with Crippen molar-refractivity contribution in [2.45, 2.75) is 64.2 Å². The fourth-order valence-electron chi connectivity index (χ4n) is 5.81. The minimum Gasteiger partial charge on any atom is -0.497 e. The van der Waals surface area contributed by atoms with Crippen LogP contribution in [0.2, 0.25) is 0 Å². The van der Waals surface area contributed by atoms with Gasteiger partial charge in [-0.3, -0.25) is 9.69 Å². The van der Waals surface area contributed by atoms with Crippen molar-refractivity contribution in [3.63, 3.8) is 0 Å². The van der Waals surface area contributed by atoms with Gasteiger partial charge in [-0.15, -0.1) is 5.10 Å². The zero-order chi connectivity index (χ0) is 27.5. The highest BCUT2D eigenvalue weighted by Crippen LogP contribution is 2.34. The molecule has 0 amide bonds. The normalized spacial score (nSPS) is 15.1. The predicted molar refractivity (Wildman–Crippen MR) is 152 cm³/mol. The number of ether oxygens (including phenoxy) is 1. The number of nitrogens with one attached hydrogen (secondary N) is 1. The van der Waals surface area contributed by atoms with E-state index >= 15 is 0 Å². The topological polar surface area (TPSA) is 102 Å². The SMILES string of the molecule is COc1ccc(CN(Cc2ccco2)C(c2cc3ccc(C)cc3[nH]c2=O)c2nnnn2C2CCCCC2)cc1. The Morgan fingerprint density at radius 2 is 1.90 bits per heavy atom. The smallest absolute Gasteiger partial charge is 0.253 e. The van der Waals surface area contributed by atoms with Gasteiger partial charge in [0, 0.05) is 17.6 Å². The maximum absolute atomic E-state index is 13.8. The molecule has 206 valence electrons. The van der Waals surface area contributed by atoms with Crippen LogP contribution in [0.15, 0.2) is 76.1 Å². The summed E-state index contributed by atoms with van der Waals surface area (Å²) in [6, 6.07) is 19.6. The summed E-state index contributed by atoms with van der Waals surface area (Å²) in [5.41, 5.74) is 3.42. The van der Waals surface area contributed by atoms with Crippen LogP contribution >= 0.6 is 0 Å². The van der Waals surface area contributed by atoms with Gasteiger partial charge in [-0.1, -0.05) is 43.5 Å². The highest BCUT2D eigenvalue weighted by Gasteiger charge is 2.33. The van der Waals surface area contributed by atoms with E-state index in [0.29, 0.717) is 24.5 Å². The molecule has 9 nitrogen and oxygen atoms in total. The zero-order valence-electron chi connectivity index (χ0n) is 22.9. The first-order chi connectivity index (χ1) is 19.6. The molecule has 40 heavy (non-hydrogen) atoms. The Bertz CT molecular complexity index is 1620. The van der Waals surface area contributed by atoms with Gasteiger partial charge in [0.25, 0.3) is 5.56 Å². The second kappa shape index (κ2) is 11.5. The van der Waals surface area contributed by atoms with E-state index < -0.39 is 6.04 Å². The van der Waals surface area contributed by atoms with Crippen LogP contribution in [-0.4, -0.2) is 37.2 Å². The minimum absolute atomic E-state index is 0.152. The standard InChI is InChI=1S/C31H34N6O3/c1-21-10-13-23-18-27(31(38)32-28(23)17-21)29(30-33-34-35-37(30)24-7-4-3-5-8-24)36(20-26-9-6-16-40-26)19-22-11-14-25(39-2)15-12-22/h6,9-18,24,29H,3-5,7-8,19-20H2,1-2H3,(H,32,38). The number of H-pyrrole nitrogens is 1. The lowest BCUT2D eigenvalue weighted by molar-refractivity contribution is 0.173. The summed E-state index contributed by atoms with van der Waals surface area (Å²) in [4.78, 5) is 19.2. The predicted octanol–water partition coefficient (Wildman–Crippen LogP) is 5.72. The molecule has 1 aliphatic carbocycles. The van der Waals surface area contributed by atoms with Crippen LogP contribution in [0.3, 0.4) is 0 Å². The summed E-state index contributed by atoms with van der Waals surface area (Å²) < 4.78 is 13.1. The molecule has 1 fully saturated rings. The minimum atomic E-state index is -0.515. The molecule has 9 heteroatoms. The van der Waals surface area contributed by atoms with Crippen LogP contribution in [0.4, 0.5) is 0 Å². The molecule has 2 aromatic carbocycles. The van der Waals surface area contributed by atoms with Gasteiger partial charge in [0.15, 0.2) is 5.82 Å². The summed E-state index contributed by atoms with van der Waals surface area (Å²) in [7, 11) is 1.66. The second-order valence-corrected chi connectivity index (χ2v) is 10.7. The molecular formula is C31H34N6O3. The third-order valence-corrected chi connectivity index (χ3v) is 7.86. The highest BCUT2D eigenvalue weighted by atomic mass is 16.5. The molecule has 3 heterocycles. The molecule has 1 unspecified atom stereocenters. The maximum Gasteiger partial charge on any atom is 0.253 e. The number of nitrogens with zero attached hydrogens (tertiary/aromatic N) is 5. The number of methoxy groups -OCH3 is 1. The van der Waals surface area contributed by atoms with Crippen LogP contribution < -0.4 is 10.3 Å². The summed E-state index contributed by atoms with van der Waals surface area (Å²) in [6.45, 7) is 3.03. The Morgan fingerprint density at radius 1 is 1.07 bits per heavy atom. The number of hydrogen-bond acceptors (Lipinski definition) is 7. The average molecular weight is 539 g/mol. The van der Waals surface area contributed by atoms with Crippen molar-refractivity contribution in [3.05, 3.63) is 106 Å². The van der Waals surface area contributed by atoms with Gasteiger partial charge >= 0.3 is 0 Å². The number of hydrogen-bond donors (Lipinski definition) is 1. The van der Waals surface area contributed by atoms with Gasteiger partial charge in [0.2, 0.25) is 0 Å².